The second kappa shape index (κ2) is 9.12. The quantitative estimate of drug-likeness (QED) is 0.776. The SMILES string of the molecule is O=C(c1ccc(NC(=O)N2CCCCc3ccccc32)cc1)N1CCCCCC1. The van der Waals surface area contributed by atoms with Gasteiger partial charge in [-0.1, -0.05) is 31.0 Å². The van der Waals surface area contributed by atoms with Crippen LogP contribution in [0.2, 0.25) is 0 Å². The Hall–Kier alpha value is -2.82. The van der Waals surface area contributed by atoms with Gasteiger partial charge in [-0.3, -0.25) is 9.69 Å². The summed E-state index contributed by atoms with van der Waals surface area (Å²) >= 11 is 0. The van der Waals surface area contributed by atoms with E-state index < -0.39 is 0 Å². The molecule has 5 nitrogen and oxygen atoms in total. The lowest BCUT2D eigenvalue weighted by atomic mass is 10.1. The third-order valence-corrected chi connectivity index (χ3v) is 5.88. The number of nitrogens with zero attached hydrogens (tertiary/aromatic N) is 2. The molecule has 152 valence electrons. The zero-order valence-corrected chi connectivity index (χ0v) is 16.9. The molecule has 4 rings (SSSR count). The Bertz CT molecular complexity index is 855. The molecule has 0 atom stereocenters. The number of hydrogen-bond acceptors (Lipinski definition) is 2. The van der Waals surface area contributed by atoms with Crippen LogP contribution >= 0.6 is 0 Å². The standard InChI is InChI=1S/C24H29N3O2/c28-23(26-16-6-1-2-7-17-26)20-12-14-21(15-13-20)25-24(29)27-18-8-5-10-19-9-3-4-11-22(19)27/h3-4,9,11-15H,1-2,5-8,10,16-18H2,(H,25,29). The average molecular weight is 392 g/mol. The summed E-state index contributed by atoms with van der Waals surface area (Å²) in [4.78, 5) is 29.5. The molecule has 0 radical (unpaired) electrons. The molecule has 2 heterocycles. The van der Waals surface area contributed by atoms with Gasteiger partial charge in [0.2, 0.25) is 0 Å². The molecule has 2 aromatic rings. The first-order valence-electron chi connectivity index (χ1n) is 10.8. The molecule has 2 aliphatic heterocycles. The molecule has 0 bridgehead atoms. The number of aryl methyl sites for hydroxylation is 1. The van der Waals surface area contributed by atoms with Crippen LogP contribution in [0, 0.1) is 0 Å². The van der Waals surface area contributed by atoms with E-state index in [9.17, 15) is 9.59 Å². The number of nitrogens with one attached hydrogen (secondary N) is 1. The number of para-hydroxylation sites is 1. The van der Waals surface area contributed by atoms with Gasteiger partial charge in [-0.15, -0.1) is 0 Å². The smallest absolute Gasteiger partial charge is 0.326 e. The van der Waals surface area contributed by atoms with Crippen molar-refractivity contribution < 1.29 is 9.59 Å². The molecular weight excluding hydrogens is 362 g/mol. The summed E-state index contributed by atoms with van der Waals surface area (Å²) in [5.74, 6) is 0.0891. The maximum Gasteiger partial charge on any atom is 0.326 e. The van der Waals surface area contributed by atoms with Crippen molar-refractivity contribution in [3.63, 3.8) is 0 Å². The summed E-state index contributed by atoms with van der Waals surface area (Å²) in [6.07, 6.45) is 7.66. The van der Waals surface area contributed by atoms with Gasteiger partial charge in [0.25, 0.3) is 5.91 Å². The predicted octanol–water partition coefficient (Wildman–Crippen LogP) is 5.08. The van der Waals surface area contributed by atoms with E-state index in [2.05, 4.69) is 11.4 Å². The van der Waals surface area contributed by atoms with E-state index in [1.165, 1.54) is 18.4 Å². The van der Waals surface area contributed by atoms with Crippen LogP contribution in [0.3, 0.4) is 0 Å². The van der Waals surface area contributed by atoms with Gasteiger partial charge in [0.05, 0.1) is 0 Å². The first-order chi connectivity index (χ1) is 14.2. The lowest BCUT2D eigenvalue weighted by molar-refractivity contribution is 0.0761. The summed E-state index contributed by atoms with van der Waals surface area (Å²) in [6, 6.07) is 15.3. The Morgan fingerprint density at radius 3 is 2.21 bits per heavy atom. The Morgan fingerprint density at radius 1 is 0.759 bits per heavy atom. The van der Waals surface area contributed by atoms with Crippen molar-refractivity contribution in [1.82, 2.24) is 4.90 Å². The van der Waals surface area contributed by atoms with Crippen LogP contribution < -0.4 is 10.2 Å². The normalized spacial score (nSPS) is 17.1. The van der Waals surface area contributed by atoms with E-state index in [0.29, 0.717) is 17.8 Å². The fourth-order valence-corrected chi connectivity index (χ4v) is 4.25. The maximum absolute atomic E-state index is 12.9. The van der Waals surface area contributed by atoms with Gasteiger partial charge >= 0.3 is 6.03 Å². The van der Waals surface area contributed by atoms with Crippen LogP contribution in [0.15, 0.2) is 48.5 Å². The molecule has 1 saturated heterocycles. The highest BCUT2D eigenvalue weighted by atomic mass is 16.2. The van der Waals surface area contributed by atoms with E-state index in [1.54, 1.807) is 0 Å². The van der Waals surface area contributed by atoms with Crippen LogP contribution in [0.4, 0.5) is 16.2 Å². The Labute approximate surface area is 172 Å². The fraction of sp³-hybridized carbons (Fsp3) is 0.417. The van der Waals surface area contributed by atoms with E-state index in [0.717, 1.165) is 50.9 Å². The zero-order valence-electron chi connectivity index (χ0n) is 16.9. The number of urea groups is 1. The summed E-state index contributed by atoms with van der Waals surface area (Å²) in [5, 5.41) is 3.00. The number of anilines is 2. The van der Waals surface area contributed by atoms with Gasteiger partial charge in [-0.2, -0.15) is 0 Å². The molecule has 0 unspecified atom stereocenters. The molecule has 0 saturated carbocycles. The van der Waals surface area contributed by atoms with Crippen LogP contribution in [0.25, 0.3) is 0 Å². The van der Waals surface area contributed by atoms with Crippen LogP contribution in [0.1, 0.15) is 54.4 Å². The fourth-order valence-electron chi connectivity index (χ4n) is 4.25. The largest absolute Gasteiger partial charge is 0.339 e. The van der Waals surface area contributed by atoms with Crippen molar-refractivity contribution in [2.75, 3.05) is 29.9 Å². The highest BCUT2D eigenvalue weighted by Crippen LogP contribution is 2.27. The molecule has 3 amide bonds. The van der Waals surface area contributed by atoms with Gasteiger partial charge in [-0.25, -0.2) is 4.79 Å². The van der Waals surface area contributed by atoms with Crippen LogP contribution in [-0.2, 0) is 6.42 Å². The average Bonchev–Trinajstić information content (AvgIpc) is 3.15. The van der Waals surface area contributed by atoms with Crippen LogP contribution in [0.5, 0.6) is 0 Å². The van der Waals surface area contributed by atoms with Crippen molar-refractivity contribution in [3.8, 4) is 0 Å². The topological polar surface area (TPSA) is 52.7 Å². The summed E-state index contributed by atoms with van der Waals surface area (Å²) < 4.78 is 0. The van der Waals surface area contributed by atoms with E-state index >= 15 is 0 Å². The summed E-state index contributed by atoms with van der Waals surface area (Å²) in [6.45, 7) is 2.39. The lowest BCUT2D eigenvalue weighted by Crippen LogP contribution is -2.35. The molecule has 2 aliphatic rings. The van der Waals surface area contributed by atoms with Crippen molar-refractivity contribution in [1.29, 1.82) is 0 Å². The van der Waals surface area contributed by atoms with Gasteiger partial charge in [-0.05, 0) is 68.0 Å². The minimum absolute atomic E-state index is 0.0891. The minimum atomic E-state index is -0.119. The highest BCUT2D eigenvalue weighted by molar-refractivity contribution is 6.02. The molecule has 0 spiro atoms. The predicted molar refractivity (Wildman–Crippen MR) is 117 cm³/mol. The molecular formula is C24H29N3O2. The highest BCUT2D eigenvalue weighted by Gasteiger charge is 2.21. The Kier molecular flexibility index (Phi) is 6.13. The van der Waals surface area contributed by atoms with Crippen LogP contribution in [-0.4, -0.2) is 36.5 Å². The zero-order chi connectivity index (χ0) is 20.1. The van der Waals surface area contributed by atoms with Crippen molar-refractivity contribution in [3.05, 3.63) is 59.7 Å². The maximum atomic E-state index is 12.9. The lowest BCUT2D eigenvalue weighted by Gasteiger charge is -2.23. The Balaban J connectivity index is 1.43. The van der Waals surface area contributed by atoms with E-state index in [-0.39, 0.29) is 11.9 Å². The molecule has 0 aliphatic carbocycles. The van der Waals surface area contributed by atoms with Crippen molar-refractivity contribution >= 4 is 23.3 Å². The summed E-state index contributed by atoms with van der Waals surface area (Å²) in [5.41, 5.74) is 3.61. The third-order valence-electron chi connectivity index (χ3n) is 5.88. The first-order valence-corrected chi connectivity index (χ1v) is 10.8. The molecule has 0 aromatic heterocycles. The number of fused-ring (bicyclic) bond motifs is 1. The number of carbonyl (C=O) groups excluding carboxylic acids is 2. The van der Waals surface area contributed by atoms with Gasteiger partial charge in [0, 0.05) is 36.6 Å². The molecule has 29 heavy (non-hydrogen) atoms. The first kappa shape index (κ1) is 19.5. The molecule has 5 heteroatoms. The monoisotopic (exact) mass is 391 g/mol. The third kappa shape index (κ3) is 4.61. The number of rotatable bonds is 2. The van der Waals surface area contributed by atoms with Gasteiger partial charge < -0.3 is 10.2 Å². The van der Waals surface area contributed by atoms with E-state index in [1.807, 2.05) is 52.3 Å². The number of benzene rings is 2. The second-order valence-corrected chi connectivity index (χ2v) is 7.95. The second-order valence-electron chi connectivity index (χ2n) is 7.95. The van der Waals surface area contributed by atoms with E-state index in [4.69, 9.17) is 0 Å². The number of carbonyl (C=O) groups is 2. The molecule has 1 N–H and O–H groups in total. The number of likely N-dealkylation sites (tertiary alicyclic amines) is 1. The summed E-state index contributed by atoms with van der Waals surface area (Å²) in [7, 11) is 0. The van der Waals surface area contributed by atoms with Crippen molar-refractivity contribution in [2.45, 2.75) is 44.9 Å². The number of amides is 3. The molecule has 1 fully saturated rings. The minimum Gasteiger partial charge on any atom is -0.339 e. The van der Waals surface area contributed by atoms with Gasteiger partial charge in [0.15, 0.2) is 0 Å². The van der Waals surface area contributed by atoms with Gasteiger partial charge in [0.1, 0.15) is 0 Å². The van der Waals surface area contributed by atoms with Crippen molar-refractivity contribution in [2.24, 2.45) is 0 Å². The Morgan fingerprint density at radius 2 is 1.45 bits per heavy atom. The molecule has 2 aromatic carbocycles. The number of hydrogen-bond donors (Lipinski definition) is 1.